The van der Waals surface area contributed by atoms with Crippen LogP contribution in [0.1, 0.15) is 25.7 Å². The van der Waals surface area contributed by atoms with Gasteiger partial charge in [-0.05, 0) is 6.42 Å². The van der Waals surface area contributed by atoms with Crippen molar-refractivity contribution in [1.29, 1.82) is 0 Å². The minimum absolute atomic E-state index is 0.0856. The van der Waals surface area contributed by atoms with Crippen LogP contribution in [0.5, 0.6) is 0 Å². The summed E-state index contributed by atoms with van der Waals surface area (Å²) in [6.07, 6.45) is 1.65. The molecular formula is C9H16O4. The van der Waals surface area contributed by atoms with Gasteiger partial charge in [0.2, 0.25) is 0 Å². The summed E-state index contributed by atoms with van der Waals surface area (Å²) < 4.78 is 9.21. The highest BCUT2D eigenvalue weighted by molar-refractivity contribution is 5.82. The molecule has 0 bridgehead atoms. The summed E-state index contributed by atoms with van der Waals surface area (Å²) in [4.78, 5) is 21.7. The average molecular weight is 188 g/mol. The lowest BCUT2D eigenvalue weighted by Gasteiger charge is -1.99. The summed E-state index contributed by atoms with van der Waals surface area (Å²) in [6, 6.07) is 0. The molecule has 0 aromatic heterocycles. The van der Waals surface area contributed by atoms with Gasteiger partial charge in [-0.1, -0.05) is 0 Å². The van der Waals surface area contributed by atoms with E-state index in [-0.39, 0.29) is 24.6 Å². The zero-order valence-electron chi connectivity index (χ0n) is 8.17. The molecule has 0 N–H and O–H groups in total. The van der Waals surface area contributed by atoms with E-state index in [1.165, 1.54) is 7.11 Å². The molecule has 0 aliphatic rings. The fourth-order valence-corrected chi connectivity index (χ4v) is 0.882. The van der Waals surface area contributed by atoms with Crippen molar-refractivity contribution in [2.45, 2.75) is 25.7 Å². The molecule has 0 amide bonds. The second-order valence-electron chi connectivity index (χ2n) is 2.71. The van der Waals surface area contributed by atoms with Crippen LogP contribution in [0.2, 0.25) is 0 Å². The third-order valence-electron chi connectivity index (χ3n) is 1.64. The van der Waals surface area contributed by atoms with Crippen LogP contribution in [-0.4, -0.2) is 32.6 Å². The molecule has 0 aromatic rings. The maximum absolute atomic E-state index is 11.1. The first-order chi connectivity index (χ1) is 6.20. The summed E-state index contributed by atoms with van der Waals surface area (Å²) in [7, 11) is 2.91. The maximum atomic E-state index is 11.1. The molecule has 0 aliphatic heterocycles. The molecule has 76 valence electrons. The van der Waals surface area contributed by atoms with Gasteiger partial charge in [-0.2, -0.15) is 0 Å². The molecule has 0 fully saturated rings. The molecule has 4 heteroatoms. The minimum Gasteiger partial charge on any atom is -0.469 e. The zero-order valence-corrected chi connectivity index (χ0v) is 8.17. The van der Waals surface area contributed by atoms with Crippen LogP contribution < -0.4 is 0 Å². The smallest absolute Gasteiger partial charge is 0.305 e. The van der Waals surface area contributed by atoms with Crippen molar-refractivity contribution in [2.24, 2.45) is 0 Å². The van der Waals surface area contributed by atoms with E-state index < -0.39 is 0 Å². The van der Waals surface area contributed by atoms with Crippen molar-refractivity contribution >= 4 is 11.8 Å². The van der Waals surface area contributed by atoms with Crippen molar-refractivity contribution in [1.82, 2.24) is 0 Å². The van der Waals surface area contributed by atoms with Crippen molar-refractivity contribution in [3.8, 4) is 0 Å². The molecule has 0 radical (unpaired) electrons. The second-order valence-corrected chi connectivity index (χ2v) is 2.71. The average Bonchev–Trinajstić information content (AvgIpc) is 2.14. The fraction of sp³-hybridized carbons (Fsp3) is 0.778. The van der Waals surface area contributed by atoms with E-state index in [9.17, 15) is 9.59 Å². The number of hydrogen-bond acceptors (Lipinski definition) is 4. The van der Waals surface area contributed by atoms with Crippen molar-refractivity contribution in [3.63, 3.8) is 0 Å². The van der Waals surface area contributed by atoms with Gasteiger partial charge in [0.25, 0.3) is 0 Å². The lowest BCUT2D eigenvalue weighted by Crippen LogP contribution is -2.06. The van der Waals surface area contributed by atoms with Gasteiger partial charge >= 0.3 is 5.97 Å². The van der Waals surface area contributed by atoms with Crippen molar-refractivity contribution < 1.29 is 19.1 Å². The lowest BCUT2D eigenvalue weighted by molar-refractivity contribution is -0.141. The van der Waals surface area contributed by atoms with Crippen LogP contribution in [0.4, 0.5) is 0 Å². The minimum atomic E-state index is -0.333. The Morgan fingerprint density at radius 3 is 2.31 bits per heavy atom. The summed E-state index contributed by atoms with van der Waals surface area (Å²) in [5.74, 6) is -0.248. The largest absolute Gasteiger partial charge is 0.469 e. The molecule has 0 rings (SSSR count). The van der Waals surface area contributed by atoms with Crippen molar-refractivity contribution in [2.75, 3.05) is 20.8 Å². The van der Waals surface area contributed by atoms with Crippen LogP contribution in [0.3, 0.4) is 0 Å². The van der Waals surface area contributed by atoms with Gasteiger partial charge in [0.15, 0.2) is 0 Å². The third kappa shape index (κ3) is 7.46. The number of methoxy groups -OCH3 is 2. The SMILES string of the molecule is COCCCC(=O)CCC(=O)OC. The highest BCUT2D eigenvalue weighted by Crippen LogP contribution is 1.99. The fourth-order valence-electron chi connectivity index (χ4n) is 0.882. The standard InChI is InChI=1S/C9H16O4/c1-12-7-3-4-8(10)5-6-9(11)13-2/h3-7H2,1-2H3. The van der Waals surface area contributed by atoms with Crippen LogP contribution in [-0.2, 0) is 19.1 Å². The summed E-state index contributed by atoms with van der Waals surface area (Å²) in [5.41, 5.74) is 0. The topological polar surface area (TPSA) is 52.6 Å². The Labute approximate surface area is 78.2 Å². The predicted octanol–water partition coefficient (Wildman–Crippen LogP) is 0.935. The van der Waals surface area contributed by atoms with E-state index in [0.717, 1.165) is 6.42 Å². The molecule has 0 unspecified atom stereocenters. The molecular weight excluding hydrogens is 172 g/mol. The highest BCUT2D eigenvalue weighted by Gasteiger charge is 2.06. The number of rotatable bonds is 7. The van der Waals surface area contributed by atoms with Crippen molar-refractivity contribution in [3.05, 3.63) is 0 Å². The van der Waals surface area contributed by atoms with Gasteiger partial charge in [0, 0.05) is 26.6 Å². The quantitative estimate of drug-likeness (QED) is 0.440. The van der Waals surface area contributed by atoms with Gasteiger partial charge in [-0.3, -0.25) is 9.59 Å². The highest BCUT2D eigenvalue weighted by atomic mass is 16.5. The first-order valence-electron chi connectivity index (χ1n) is 4.28. The van der Waals surface area contributed by atoms with E-state index in [0.29, 0.717) is 13.0 Å². The number of esters is 1. The number of hydrogen-bond donors (Lipinski definition) is 0. The Balaban J connectivity index is 3.35. The number of carbonyl (C=O) groups excluding carboxylic acids is 2. The molecule has 0 saturated heterocycles. The number of carbonyl (C=O) groups is 2. The summed E-state index contributed by atoms with van der Waals surface area (Å²) >= 11 is 0. The van der Waals surface area contributed by atoms with Crippen LogP contribution in [0, 0.1) is 0 Å². The Kier molecular flexibility index (Phi) is 7.20. The van der Waals surface area contributed by atoms with E-state index in [1.54, 1.807) is 7.11 Å². The van der Waals surface area contributed by atoms with E-state index in [4.69, 9.17) is 4.74 Å². The predicted molar refractivity (Wildman–Crippen MR) is 47.4 cm³/mol. The molecule has 0 spiro atoms. The number of Topliss-reactive ketones (excluding diaryl/α,β-unsaturated/α-hetero) is 1. The second kappa shape index (κ2) is 7.73. The first-order valence-corrected chi connectivity index (χ1v) is 4.28. The third-order valence-corrected chi connectivity index (χ3v) is 1.64. The van der Waals surface area contributed by atoms with Crippen LogP contribution >= 0.6 is 0 Å². The van der Waals surface area contributed by atoms with Gasteiger partial charge in [0.05, 0.1) is 13.5 Å². The number of ether oxygens (including phenoxy) is 2. The first kappa shape index (κ1) is 12.1. The Bertz CT molecular complexity index is 165. The number of ketones is 1. The molecule has 0 heterocycles. The monoisotopic (exact) mass is 188 g/mol. The van der Waals surface area contributed by atoms with E-state index in [2.05, 4.69) is 4.74 Å². The maximum Gasteiger partial charge on any atom is 0.305 e. The molecule has 4 nitrogen and oxygen atoms in total. The van der Waals surface area contributed by atoms with Crippen LogP contribution in [0.25, 0.3) is 0 Å². The Morgan fingerprint density at radius 1 is 1.08 bits per heavy atom. The normalized spacial score (nSPS) is 9.69. The Morgan fingerprint density at radius 2 is 1.77 bits per heavy atom. The Hall–Kier alpha value is -0.900. The summed E-state index contributed by atoms with van der Waals surface area (Å²) in [5, 5.41) is 0. The summed E-state index contributed by atoms with van der Waals surface area (Å²) in [6.45, 7) is 0.587. The molecule has 0 aromatic carbocycles. The van der Waals surface area contributed by atoms with Gasteiger partial charge in [0.1, 0.15) is 5.78 Å². The van der Waals surface area contributed by atoms with Crippen LogP contribution in [0.15, 0.2) is 0 Å². The molecule has 0 aliphatic carbocycles. The van der Waals surface area contributed by atoms with E-state index >= 15 is 0 Å². The molecule has 13 heavy (non-hydrogen) atoms. The van der Waals surface area contributed by atoms with E-state index in [1.807, 2.05) is 0 Å². The molecule has 0 atom stereocenters. The zero-order chi connectivity index (χ0) is 10.1. The van der Waals surface area contributed by atoms with Gasteiger partial charge < -0.3 is 9.47 Å². The van der Waals surface area contributed by atoms with Gasteiger partial charge in [-0.15, -0.1) is 0 Å². The lowest BCUT2D eigenvalue weighted by atomic mass is 10.1. The van der Waals surface area contributed by atoms with Gasteiger partial charge in [-0.25, -0.2) is 0 Å². The molecule has 0 saturated carbocycles.